The number of guanidine groups is 1. The number of carbonyl (C=O) groups is 2. The van der Waals surface area contributed by atoms with E-state index in [1.165, 1.54) is 23.5 Å². The third kappa shape index (κ3) is 4.73. The van der Waals surface area contributed by atoms with Crippen LogP contribution in [0.3, 0.4) is 0 Å². The number of hydrogen-bond acceptors (Lipinski definition) is 5. The van der Waals surface area contributed by atoms with Crippen LogP contribution in [0.1, 0.15) is 50.7 Å². The maximum Gasteiger partial charge on any atom is 0.416 e. The first-order valence-corrected chi connectivity index (χ1v) is 9.65. The minimum atomic E-state index is -4.64. The topological polar surface area (TPSA) is 112 Å². The Hall–Kier alpha value is -2.95. The number of hydrogen-bond donors (Lipinski definition) is 3. The number of thiazole rings is 1. The molecule has 1 aromatic carbocycles. The molecule has 2 aromatic rings. The first kappa shape index (κ1) is 20.8. The van der Waals surface area contributed by atoms with Crippen LogP contribution in [0.25, 0.3) is 0 Å². The average molecular weight is 425 g/mol. The number of alkyl halides is 3. The number of carbonyl (C=O) groups excluding carboxylic acids is 2. The number of nitrogens with zero attached hydrogens (tertiary/aromatic N) is 2. The maximum atomic E-state index is 13.6. The molecule has 3 rings (SSSR count). The van der Waals surface area contributed by atoms with Crippen LogP contribution >= 0.6 is 11.3 Å². The molecule has 1 aromatic heterocycles. The Bertz CT molecular complexity index is 922. The van der Waals surface area contributed by atoms with Crippen molar-refractivity contribution in [3.63, 3.8) is 0 Å². The summed E-state index contributed by atoms with van der Waals surface area (Å²) in [6.07, 6.45) is -3.90. The Kier molecular flexibility index (Phi) is 5.87. The van der Waals surface area contributed by atoms with E-state index < -0.39 is 29.5 Å². The van der Waals surface area contributed by atoms with Crippen molar-refractivity contribution in [3.8, 4) is 0 Å². The molecule has 2 amide bonds. The second-order valence-corrected chi connectivity index (χ2v) is 7.33. The lowest BCUT2D eigenvalue weighted by Gasteiger charge is -2.33. The van der Waals surface area contributed by atoms with Crippen LogP contribution in [-0.4, -0.2) is 40.7 Å². The molecule has 1 aliphatic heterocycles. The number of aromatic nitrogens is 1. The number of likely N-dealkylation sites (tertiary alicyclic amines) is 1. The molecule has 154 valence electrons. The first-order chi connectivity index (χ1) is 13.7. The fourth-order valence-corrected chi connectivity index (χ4v) is 3.89. The van der Waals surface area contributed by atoms with E-state index in [1.54, 1.807) is 15.8 Å². The monoisotopic (exact) mass is 425 g/mol. The zero-order valence-corrected chi connectivity index (χ0v) is 15.9. The van der Waals surface area contributed by atoms with Gasteiger partial charge < -0.3 is 10.6 Å². The second-order valence-electron chi connectivity index (χ2n) is 6.61. The van der Waals surface area contributed by atoms with Gasteiger partial charge in [-0.3, -0.25) is 20.3 Å². The van der Waals surface area contributed by atoms with E-state index in [4.69, 9.17) is 11.1 Å². The van der Waals surface area contributed by atoms with E-state index >= 15 is 0 Å². The smallest absolute Gasteiger partial charge is 0.370 e. The van der Waals surface area contributed by atoms with Gasteiger partial charge in [-0.15, -0.1) is 11.3 Å². The van der Waals surface area contributed by atoms with Crippen LogP contribution in [0.4, 0.5) is 13.2 Å². The summed E-state index contributed by atoms with van der Waals surface area (Å²) < 4.78 is 40.9. The molecule has 1 aliphatic rings. The maximum absolute atomic E-state index is 13.6. The van der Waals surface area contributed by atoms with Gasteiger partial charge in [-0.2, -0.15) is 13.2 Å². The van der Waals surface area contributed by atoms with E-state index in [9.17, 15) is 22.8 Å². The van der Waals surface area contributed by atoms with Crippen molar-refractivity contribution in [2.75, 3.05) is 13.1 Å². The van der Waals surface area contributed by atoms with Gasteiger partial charge in [-0.1, -0.05) is 6.07 Å². The molecule has 0 spiro atoms. The number of halogens is 3. The molecule has 11 heteroatoms. The summed E-state index contributed by atoms with van der Waals surface area (Å²) in [5, 5.41) is 10.7. The van der Waals surface area contributed by atoms with Crippen LogP contribution in [0.15, 0.2) is 29.1 Å². The van der Waals surface area contributed by atoms with E-state index in [1.807, 2.05) is 5.32 Å². The lowest BCUT2D eigenvalue weighted by molar-refractivity contribution is -0.138. The van der Waals surface area contributed by atoms with Gasteiger partial charge in [0.1, 0.15) is 5.69 Å². The Labute approximate surface area is 168 Å². The van der Waals surface area contributed by atoms with Crippen LogP contribution in [-0.2, 0) is 6.18 Å². The Morgan fingerprint density at radius 1 is 1.28 bits per heavy atom. The van der Waals surface area contributed by atoms with Crippen molar-refractivity contribution in [1.82, 2.24) is 15.2 Å². The van der Waals surface area contributed by atoms with Crippen molar-refractivity contribution < 1.29 is 22.8 Å². The first-order valence-electron chi connectivity index (χ1n) is 8.71. The highest BCUT2D eigenvalue weighted by Gasteiger charge is 2.37. The molecular formula is C18H18F3N5O2S. The van der Waals surface area contributed by atoms with Gasteiger partial charge in [-0.25, -0.2) is 4.98 Å². The number of piperidine rings is 1. The summed E-state index contributed by atoms with van der Waals surface area (Å²) in [4.78, 5) is 29.8. The molecule has 0 atom stereocenters. The molecule has 0 radical (unpaired) electrons. The van der Waals surface area contributed by atoms with Crippen LogP contribution in [0.2, 0.25) is 0 Å². The molecule has 1 saturated heterocycles. The summed E-state index contributed by atoms with van der Waals surface area (Å²) in [5.74, 6) is -2.14. The zero-order valence-electron chi connectivity index (χ0n) is 15.1. The van der Waals surface area contributed by atoms with Crippen molar-refractivity contribution in [3.05, 3.63) is 51.5 Å². The second kappa shape index (κ2) is 8.19. The van der Waals surface area contributed by atoms with Crippen molar-refractivity contribution in [2.24, 2.45) is 5.73 Å². The number of amides is 2. The lowest BCUT2D eigenvalue weighted by Crippen LogP contribution is -2.38. The molecule has 4 N–H and O–H groups in total. The van der Waals surface area contributed by atoms with Crippen molar-refractivity contribution in [2.45, 2.75) is 24.9 Å². The van der Waals surface area contributed by atoms with E-state index in [-0.39, 0.29) is 17.0 Å². The minimum absolute atomic E-state index is 0.0950. The van der Waals surface area contributed by atoms with Gasteiger partial charge in [0.05, 0.1) is 11.1 Å². The quantitative estimate of drug-likeness (QED) is 0.519. The van der Waals surface area contributed by atoms with Gasteiger partial charge in [0.15, 0.2) is 5.96 Å². The molecular weight excluding hydrogens is 407 g/mol. The highest BCUT2D eigenvalue weighted by atomic mass is 32.1. The number of benzene rings is 1. The minimum Gasteiger partial charge on any atom is -0.370 e. The van der Waals surface area contributed by atoms with Crippen LogP contribution in [0, 0.1) is 5.41 Å². The summed E-state index contributed by atoms with van der Waals surface area (Å²) in [6, 6.07) is 3.36. The summed E-state index contributed by atoms with van der Waals surface area (Å²) >= 11 is 1.30. The largest absolute Gasteiger partial charge is 0.416 e. The average Bonchev–Trinajstić information content (AvgIpc) is 3.20. The Morgan fingerprint density at radius 2 is 1.97 bits per heavy atom. The normalized spacial score (nSPS) is 15.2. The van der Waals surface area contributed by atoms with E-state index in [0.717, 1.165) is 6.07 Å². The van der Waals surface area contributed by atoms with Gasteiger partial charge in [0.25, 0.3) is 11.8 Å². The number of nitrogens with two attached hydrogens (primary N) is 1. The van der Waals surface area contributed by atoms with E-state index in [2.05, 4.69) is 4.98 Å². The standard InChI is InChI=1S/C18H18F3N5O2S/c19-18(20,21)13-7-11(15(27)25-17(22)23)1-2-12(13)10-3-5-26(6-4-10)16(28)14-8-29-9-24-14/h1-2,7-10H,3-6H2,(H4,22,23,25,27). The van der Waals surface area contributed by atoms with Gasteiger partial charge in [0.2, 0.25) is 0 Å². The lowest BCUT2D eigenvalue weighted by atomic mass is 9.85. The fraction of sp³-hybridized carbons (Fsp3) is 0.333. The third-order valence-electron chi connectivity index (χ3n) is 4.74. The number of rotatable bonds is 3. The Balaban J connectivity index is 1.79. The van der Waals surface area contributed by atoms with Gasteiger partial charge in [-0.05, 0) is 36.5 Å². The summed E-state index contributed by atoms with van der Waals surface area (Å²) in [5.41, 5.74) is 5.94. The highest BCUT2D eigenvalue weighted by molar-refractivity contribution is 7.07. The summed E-state index contributed by atoms with van der Waals surface area (Å²) in [7, 11) is 0. The Morgan fingerprint density at radius 3 is 2.52 bits per heavy atom. The third-order valence-corrected chi connectivity index (χ3v) is 5.33. The molecule has 1 fully saturated rings. The summed E-state index contributed by atoms with van der Waals surface area (Å²) in [6.45, 7) is 0.649. The predicted octanol–water partition coefficient (Wildman–Crippen LogP) is 2.80. The molecule has 0 saturated carbocycles. The molecule has 0 bridgehead atoms. The van der Waals surface area contributed by atoms with Crippen molar-refractivity contribution >= 4 is 29.1 Å². The van der Waals surface area contributed by atoms with Gasteiger partial charge >= 0.3 is 6.18 Å². The van der Waals surface area contributed by atoms with Crippen LogP contribution in [0.5, 0.6) is 0 Å². The van der Waals surface area contributed by atoms with Crippen LogP contribution < -0.4 is 11.1 Å². The molecule has 0 unspecified atom stereocenters. The highest BCUT2D eigenvalue weighted by Crippen LogP contribution is 2.39. The molecule has 0 aliphatic carbocycles. The zero-order chi connectivity index (χ0) is 21.2. The van der Waals surface area contributed by atoms with E-state index in [0.29, 0.717) is 31.6 Å². The molecule has 29 heavy (non-hydrogen) atoms. The van der Waals surface area contributed by atoms with Crippen molar-refractivity contribution in [1.29, 1.82) is 5.41 Å². The molecule has 2 heterocycles. The number of nitrogens with one attached hydrogen (secondary N) is 2. The fourth-order valence-electron chi connectivity index (χ4n) is 3.37. The predicted molar refractivity (Wildman–Crippen MR) is 101 cm³/mol. The van der Waals surface area contributed by atoms with Gasteiger partial charge in [0, 0.05) is 24.0 Å². The molecule has 7 nitrogen and oxygen atoms in total. The SMILES string of the molecule is N=C(N)NC(=O)c1ccc(C2CCN(C(=O)c3cscn3)CC2)c(C(F)(F)F)c1.